The molecule has 34 heavy (non-hydrogen) atoms. The molecule has 1 spiro atoms. The van der Waals surface area contributed by atoms with Gasteiger partial charge in [0, 0.05) is 6.04 Å². The fourth-order valence-electron chi connectivity index (χ4n) is 7.29. The van der Waals surface area contributed by atoms with Crippen LogP contribution in [0.4, 0.5) is 0 Å². The highest BCUT2D eigenvalue weighted by Gasteiger charge is 2.79. The summed E-state index contributed by atoms with van der Waals surface area (Å²) in [5.41, 5.74) is -1.84. The van der Waals surface area contributed by atoms with Gasteiger partial charge < -0.3 is 24.8 Å². The lowest BCUT2D eigenvalue weighted by Crippen LogP contribution is -2.59. The summed E-state index contributed by atoms with van der Waals surface area (Å²) in [5.74, 6) is -2.14. The third kappa shape index (κ3) is 3.94. The molecule has 4 aliphatic rings. The Labute approximate surface area is 203 Å². The number of nitrogens with zero attached hydrogens (tertiary/aromatic N) is 1. The van der Waals surface area contributed by atoms with Crippen LogP contribution in [0.2, 0.25) is 0 Å². The molecule has 8 heteroatoms. The van der Waals surface area contributed by atoms with Crippen LogP contribution in [0.5, 0.6) is 0 Å². The van der Waals surface area contributed by atoms with Gasteiger partial charge in [-0.1, -0.05) is 40.0 Å². The van der Waals surface area contributed by atoms with E-state index in [4.69, 9.17) is 9.47 Å². The monoisotopic (exact) mass is 478 g/mol. The number of likely N-dealkylation sites (tertiary alicyclic amines) is 1. The molecule has 0 aromatic heterocycles. The van der Waals surface area contributed by atoms with Gasteiger partial charge in [0.25, 0.3) is 0 Å². The summed E-state index contributed by atoms with van der Waals surface area (Å²) in [6, 6.07) is -1.26. The van der Waals surface area contributed by atoms with Gasteiger partial charge >= 0.3 is 5.97 Å². The first-order chi connectivity index (χ1) is 16.2. The van der Waals surface area contributed by atoms with Crippen molar-refractivity contribution >= 4 is 17.8 Å². The highest BCUT2D eigenvalue weighted by Crippen LogP contribution is 2.64. The quantitative estimate of drug-likeness (QED) is 0.494. The second kappa shape index (κ2) is 9.76. The molecule has 2 N–H and O–H groups in total. The van der Waals surface area contributed by atoms with Crippen LogP contribution in [0, 0.1) is 17.8 Å². The van der Waals surface area contributed by atoms with Gasteiger partial charge in [0.1, 0.15) is 17.6 Å². The number of hydrogen-bond acceptors (Lipinski definition) is 6. The number of carbonyl (C=O) groups is 3. The Morgan fingerprint density at radius 1 is 1.21 bits per heavy atom. The standard InChI is InChI=1S/C26H42N2O6/c1-5-25-12-13-26(34-25)19(20(25)24(32)33-6-2)23(31)28(18(15-29)14-16(3)4)21(26)22(30)27-17-10-8-7-9-11-17/h16-21,29H,5-15H2,1-4H3,(H,27,30)/t18-,19+,20-,21?,25+,26?/m1/s1. The number of rotatable bonds is 9. The summed E-state index contributed by atoms with van der Waals surface area (Å²) < 4.78 is 12.1. The van der Waals surface area contributed by atoms with Crippen LogP contribution in [0.15, 0.2) is 0 Å². The molecule has 8 nitrogen and oxygen atoms in total. The molecule has 3 saturated heterocycles. The third-order valence-electron chi connectivity index (χ3n) is 8.71. The predicted molar refractivity (Wildman–Crippen MR) is 126 cm³/mol. The van der Waals surface area contributed by atoms with Gasteiger partial charge in [-0.05, 0) is 51.4 Å². The molecule has 3 aliphatic heterocycles. The molecule has 4 rings (SSSR count). The van der Waals surface area contributed by atoms with Crippen LogP contribution in [0.25, 0.3) is 0 Å². The average molecular weight is 479 g/mol. The Bertz CT molecular complexity index is 796. The van der Waals surface area contributed by atoms with Crippen molar-refractivity contribution in [3.8, 4) is 0 Å². The van der Waals surface area contributed by atoms with Crippen LogP contribution in [0.1, 0.15) is 85.5 Å². The van der Waals surface area contributed by atoms with Crippen molar-refractivity contribution in [1.29, 1.82) is 0 Å². The molecule has 6 atom stereocenters. The van der Waals surface area contributed by atoms with Crippen molar-refractivity contribution in [2.45, 2.75) is 115 Å². The number of amides is 2. The van der Waals surface area contributed by atoms with Crippen LogP contribution in [0.3, 0.4) is 0 Å². The summed E-state index contributed by atoms with van der Waals surface area (Å²) in [7, 11) is 0. The van der Waals surface area contributed by atoms with E-state index in [-0.39, 0.29) is 37.0 Å². The van der Waals surface area contributed by atoms with E-state index >= 15 is 0 Å². The largest absolute Gasteiger partial charge is 0.466 e. The Balaban J connectivity index is 1.75. The van der Waals surface area contributed by atoms with Crippen molar-refractivity contribution in [3.05, 3.63) is 0 Å². The zero-order valence-corrected chi connectivity index (χ0v) is 21.2. The normalized spacial score (nSPS) is 36.1. The molecule has 1 saturated carbocycles. The van der Waals surface area contributed by atoms with Crippen molar-refractivity contribution < 1.29 is 29.0 Å². The van der Waals surface area contributed by atoms with E-state index in [0.29, 0.717) is 25.7 Å². The van der Waals surface area contributed by atoms with Crippen LogP contribution in [-0.2, 0) is 23.9 Å². The molecule has 3 heterocycles. The lowest BCUT2D eigenvalue weighted by molar-refractivity contribution is -0.162. The van der Waals surface area contributed by atoms with E-state index in [1.807, 2.05) is 20.8 Å². The van der Waals surface area contributed by atoms with Gasteiger partial charge in [0.15, 0.2) is 0 Å². The number of aliphatic hydroxyl groups is 1. The summed E-state index contributed by atoms with van der Waals surface area (Å²) in [5, 5.41) is 13.5. The number of fused-ring (bicyclic) bond motifs is 1. The minimum absolute atomic E-state index is 0.0888. The number of carbonyl (C=O) groups excluding carboxylic acids is 3. The molecule has 2 amide bonds. The minimum Gasteiger partial charge on any atom is -0.466 e. The smallest absolute Gasteiger partial charge is 0.312 e. The Hall–Kier alpha value is -1.67. The number of hydrogen-bond donors (Lipinski definition) is 2. The minimum atomic E-state index is -1.06. The second-order valence-corrected chi connectivity index (χ2v) is 11.1. The first-order valence-corrected chi connectivity index (χ1v) is 13.3. The van der Waals surface area contributed by atoms with E-state index in [9.17, 15) is 19.5 Å². The highest BCUT2D eigenvalue weighted by atomic mass is 16.6. The third-order valence-corrected chi connectivity index (χ3v) is 8.71. The molecular weight excluding hydrogens is 436 g/mol. The lowest BCUT2D eigenvalue weighted by Gasteiger charge is -2.38. The highest BCUT2D eigenvalue weighted by molar-refractivity contribution is 5.98. The van der Waals surface area contributed by atoms with Gasteiger partial charge in [0.05, 0.1) is 30.8 Å². The second-order valence-electron chi connectivity index (χ2n) is 11.1. The van der Waals surface area contributed by atoms with Crippen LogP contribution in [-0.4, -0.2) is 70.3 Å². The molecule has 0 aromatic rings. The zero-order chi connectivity index (χ0) is 24.7. The van der Waals surface area contributed by atoms with E-state index in [1.165, 1.54) is 6.42 Å². The molecule has 0 radical (unpaired) electrons. The van der Waals surface area contributed by atoms with Gasteiger partial charge in [-0.25, -0.2) is 0 Å². The van der Waals surface area contributed by atoms with Crippen molar-refractivity contribution in [1.82, 2.24) is 10.2 Å². The number of ether oxygens (including phenoxy) is 2. The van der Waals surface area contributed by atoms with Crippen molar-refractivity contribution in [3.63, 3.8) is 0 Å². The maximum absolute atomic E-state index is 14.1. The fourth-order valence-corrected chi connectivity index (χ4v) is 7.29. The SMILES string of the molecule is CCOC(=O)[C@H]1[C@H]2C(=O)N([C@@H](CO)CC(C)C)C(C(=O)NC3CCCCC3)C23CC[C@]1(CC)O3. The van der Waals surface area contributed by atoms with Crippen molar-refractivity contribution in [2.24, 2.45) is 17.8 Å². The summed E-state index contributed by atoms with van der Waals surface area (Å²) >= 11 is 0. The number of nitrogens with one attached hydrogen (secondary N) is 1. The maximum atomic E-state index is 14.1. The van der Waals surface area contributed by atoms with Gasteiger partial charge in [-0.15, -0.1) is 0 Å². The van der Waals surface area contributed by atoms with Crippen LogP contribution < -0.4 is 5.32 Å². The molecule has 4 fully saturated rings. The molecule has 2 unspecified atom stereocenters. The average Bonchev–Trinajstić information content (AvgIpc) is 3.42. The molecule has 192 valence electrons. The van der Waals surface area contributed by atoms with Gasteiger partial charge in [-0.2, -0.15) is 0 Å². The number of aliphatic hydroxyl groups excluding tert-OH is 1. The van der Waals surface area contributed by atoms with Gasteiger partial charge in [0.2, 0.25) is 11.8 Å². The predicted octanol–water partition coefficient (Wildman–Crippen LogP) is 2.56. The summed E-state index contributed by atoms with van der Waals surface area (Å²) in [6.45, 7) is 7.80. The zero-order valence-electron chi connectivity index (χ0n) is 21.2. The maximum Gasteiger partial charge on any atom is 0.312 e. The van der Waals surface area contributed by atoms with Gasteiger partial charge in [-0.3, -0.25) is 14.4 Å². The van der Waals surface area contributed by atoms with E-state index in [1.54, 1.807) is 11.8 Å². The van der Waals surface area contributed by atoms with E-state index in [2.05, 4.69) is 5.32 Å². The first kappa shape index (κ1) is 25.4. The van der Waals surface area contributed by atoms with Crippen molar-refractivity contribution in [2.75, 3.05) is 13.2 Å². The summed E-state index contributed by atoms with van der Waals surface area (Å²) in [6.07, 6.45) is 7.52. The molecular formula is C26H42N2O6. The molecule has 0 aromatic carbocycles. The lowest BCUT2D eigenvalue weighted by atomic mass is 9.65. The number of esters is 1. The summed E-state index contributed by atoms with van der Waals surface area (Å²) in [4.78, 5) is 42.8. The first-order valence-electron chi connectivity index (χ1n) is 13.3. The van der Waals surface area contributed by atoms with E-state index in [0.717, 1.165) is 25.7 Å². The Morgan fingerprint density at radius 3 is 2.50 bits per heavy atom. The fraction of sp³-hybridized carbons (Fsp3) is 0.885. The van der Waals surface area contributed by atoms with E-state index < -0.39 is 41.1 Å². The molecule has 2 bridgehead atoms. The topological polar surface area (TPSA) is 105 Å². The van der Waals surface area contributed by atoms with Crippen LogP contribution >= 0.6 is 0 Å². The Morgan fingerprint density at radius 2 is 1.91 bits per heavy atom. The Kier molecular flexibility index (Phi) is 7.30. The molecule has 1 aliphatic carbocycles.